The smallest absolute Gasteiger partial charge is 0.240 e. The first-order chi connectivity index (χ1) is 19.3. The Balaban J connectivity index is 1.43. The highest BCUT2D eigenvalue weighted by molar-refractivity contribution is 9.10. The van der Waals surface area contributed by atoms with E-state index in [4.69, 9.17) is 16.3 Å². The molecule has 3 aliphatic heterocycles. The quantitative estimate of drug-likeness (QED) is 0.269. The molecule has 0 spiro atoms. The van der Waals surface area contributed by atoms with Gasteiger partial charge in [-0.05, 0) is 64.5 Å². The first kappa shape index (κ1) is 26.2. The van der Waals surface area contributed by atoms with Gasteiger partial charge in [-0.1, -0.05) is 48.0 Å². The number of methoxy groups -OCH3 is 1. The first-order valence-corrected chi connectivity index (χ1v) is 13.8. The molecule has 0 aromatic heterocycles. The Hall–Kier alpha value is -4.01. The van der Waals surface area contributed by atoms with Crippen molar-refractivity contribution < 1.29 is 23.9 Å². The number of ether oxygens (including phenoxy) is 1. The van der Waals surface area contributed by atoms with Gasteiger partial charge in [0.05, 0.1) is 35.1 Å². The number of anilines is 1. The van der Waals surface area contributed by atoms with Crippen molar-refractivity contribution in [1.82, 2.24) is 4.90 Å². The van der Waals surface area contributed by atoms with Gasteiger partial charge >= 0.3 is 0 Å². The third-order valence-corrected chi connectivity index (χ3v) is 8.51. The number of ketones is 2. The second-order valence-corrected chi connectivity index (χ2v) is 11.1. The molecular formula is C31H22BrClN2O5. The lowest BCUT2D eigenvalue weighted by Crippen LogP contribution is -2.46. The standard InChI is InChI=1S/C31H22BrClN2O5/c1-40-24-12-7-18(15-22(24)32)29(37)27-26-25(30(38)35(31(26)39)21-10-8-20(33)9-11-21)23-16-19(13-14-34(23)27)28(36)17-5-3-2-4-6-17/h2-16,23,25-27H,1H3/t23-,25-,26-,27-/m1/s1. The molecule has 200 valence electrons. The summed E-state index contributed by atoms with van der Waals surface area (Å²) in [5, 5.41) is 0.469. The number of rotatable bonds is 6. The van der Waals surface area contributed by atoms with Crippen molar-refractivity contribution in [1.29, 1.82) is 0 Å². The molecule has 40 heavy (non-hydrogen) atoms. The normalized spacial score (nSPS) is 23.1. The minimum absolute atomic E-state index is 0.201. The molecule has 2 amide bonds. The summed E-state index contributed by atoms with van der Waals surface area (Å²) in [6.07, 6.45) is 5.01. The van der Waals surface area contributed by atoms with E-state index < -0.39 is 35.7 Å². The average molecular weight is 618 g/mol. The number of carbonyl (C=O) groups excluding carboxylic acids is 4. The predicted molar refractivity (Wildman–Crippen MR) is 153 cm³/mol. The van der Waals surface area contributed by atoms with E-state index >= 15 is 0 Å². The van der Waals surface area contributed by atoms with Crippen molar-refractivity contribution in [2.75, 3.05) is 12.0 Å². The molecule has 0 aliphatic carbocycles. The van der Waals surface area contributed by atoms with E-state index in [1.807, 2.05) is 6.07 Å². The van der Waals surface area contributed by atoms with E-state index in [-0.39, 0.29) is 11.6 Å². The summed E-state index contributed by atoms with van der Waals surface area (Å²) >= 11 is 9.47. The average Bonchev–Trinajstić information content (AvgIpc) is 3.44. The third-order valence-electron chi connectivity index (χ3n) is 7.64. The fourth-order valence-corrected chi connectivity index (χ4v) is 6.46. The zero-order chi connectivity index (χ0) is 28.1. The van der Waals surface area contributed by atoms with E-state index in [0.717, 1.165) is 4.90 Å². The molecule has 2 fully saturated rings. The monoisotopic (exact) mass is 616 g/mol. The number of amides is 2. The lowest BCUT2D eigenvalue weighted by atomic mass is 9.85. The maximum absolute atomic E-state index is 14.0. The summed E-state index contributed by atoms with van der Waals surface area (Å²) in [7, 11) is 1.53. The summed E-state index contributed by atoms with van der Waals surface area (Å²) < 4.78 is 5.89. The molecule has 3 aliphatic rings. The Morgan fingerprint density at radius 3 is 2.27 bits per heavy atom. The zero-order valence-corrected chi connectivity index (χ0v) is 23.5. The minimum atomic E-state index is -0.954. The number of benzene rings is 3. The van der Waals surface area contributed by atoms with Gasteiger partial charge in [-0.3, -0.25) is 19.2 Å². The predicted octanol–water partition coefficient (Wildman–Crippen LogP) is 5.49. The summed E-state index contributed by atoms with van der Waals surface area (Å²) in [4.78, 5) is 58.0. The number of Topliss-reactive ketones (excluding diaryl/α,β-unsaturated/α-hetero) is 2. The van der Waals surface area contributed by atoms with Crippen LogP contribution in [0.1, 0.15) is 20.7 Å². The molecule has 0 bridgehead atoms. The van der Waals surface area contributed by atoms with Crippen molar-refractivity contribution in [2.24, 2.45) is 11.8 Å². The largest absolute Gasteiger partial charge is 0.496 e. The summed E-state index contributed by atoms with van der Waals surface area (Å²) in [6, 6.07) is 18.6. The van der Waals surface area contributed by atoms with Crippen LogP contribution in [0.15, 0.2) is 101 Å². The number of carbonyl (C=O) groups is 4. The van der Waals surface area contributed by atoms with Crippen LogP contribution in [-0.2, 0) is 9.59 Å². The van der Waals surface area contributed by atoms with Crippen LogP contribution in [0.5, 0.6) is 5.75 Å². The van der Waals surface area contributed by atoms with Crippen LogP contribution in [0, 0.1) is 11.8 Å². The Morgan fingerprint density at radius 2 is 1.60 bits per heavy atom. The lowest BCUT2D eigenvalue weighted by molar-refractivity contribution is -0.123. The number of nitrogens with zero attached hydrogens (tertiary/aromatic N) is 2. The van der Waals surface area contributed by atoms with Gasteiger partial charge in [0.1, 0.15) is 11.8 Å². The van der Waals surface area contributed by atoms with Crippen LogP contribution in [0.4, 0.5) is 5.69 Å². The van der Waals surface area contributed by atoms with Crippen LogP contribution in [0.25, 0.3) is 0 Å². The molecule has 0 radical (unpaired) electrons. The Labute approximate surface area is 243 Å². The minimum Gasteiger partial charge on any atom is -0.496 e. The molecule has 0 saturated carbocycles. The number of allylic oxidation sites excluding steroid dienone is 2. The summed E-state index contributed by atoms with van der Waals surface area (Å²) in [5.74, 6) is -2.64. The van der Waals surface area contributed by atoms with E-state index in [0.29, 0.717) is 37.6 Å². The van der Waals surface area contributed by atoms with Crippen molar-refractivity contribution in [3.05, 3.63) is 117 Å². The van der Waals surface area contributed by atoms with Crippen LogP contribution < -0.4 is 9.64 Å². The number of hydrogen-bond donors (Lipinski definition) is 0. The molecule has 0 unspecified atom stereocenters. The van der Waals surface area contributed by atoms with Crippen LogP contribution in [0.2, 0.25) is 5.02 Å². The SMILES string of the molecule is COc1ccc(C(=O)[C@H]2[C@@H]3C(=O)N(c4ccc(Cl)cc4)C(=O)[C@@H]3[C@H]3C=C(C(=O)c4ccccc4)C=CN32)cc1Br. The highest BCUT2D eigenvalue weighted by atomic mass is 79.9. The lowest BCUT2D eigenvalue weighted by Gasteiger charge is -2.33. The van der Waals surface area contributed by atoms with Gasteiger partial charge in [0, 0.05) is 27.9 Å². The zero-order valence-electron chi connectivity index (χ0n) is 21.2. The van der Waals surface area contributed by atoms with Crippen molar-refractivity contribution in [2.45, 2.75) is 12.1 Å². The molecular weight excluding hydrogens is 596 g/mol. The summed E-state index contributed by atoms with van der Waals surface area (Å²) in [6.45, 7) is 0. The molecule has 3 aromatic rings. The van der Waals surface area contributed by atoms with E-state index in [1.54, 1.807) is 90.0 Å². The number of fused-ring (bicyclic) bond motifs is 3. The van der Waals surface area contributed by atoms with Crippen LogP contribution in [-0.4, -0.2) is 47.5 Å². The molecule has 3 heterocycles. The van der Waals surface area contributed by atoms with Crippen molar-refractivity contribution >= 4 is 56.6 Å². The number of halogens is 2. The summed E-state index contributed by atoms with van der Waals surface area (Å²) in [5.41, 5.74) is 1.66. The fraction of sp³-hybridized carbons (Fsp3) is 0.161. The molecule has 2 saturated heterocycles. The molecule has 7 nitrogen and oxygen atoms in total. The van der Waals surface area contributed by atoms with Gasteiger partial charge in [-0.2, -0.15) is 0 Å². The Morgan fingerprint density at radius 1 is 0.900 bits per heavy atom. The Bertz CT molecular complexity index is 1620. The molecule has 3 aromatic carbocycles. The van der Waals surface area contributed by atoms with Gasteiger partial charge < -0.3 is 9.64 Å². The molecule has 4 atom stereocenters. The highest BCUT2D eigenvalue weighted by Gasteiger charge is 2.63. The van der Waals surface area contributed by atoms with Crippen LogP contribution >= 0.6 is 27.5 Å². The van der Waals surface area contributed by atoms with Crippen molar-refractivity contribution in [3.63, 3.8) is 0 Å². The molecule has 9 heteroatoms. The van der Waals surface area contributed by atoms with E-state index in [2.05, 4.69) is 15.9 Å². The number of imide groups is 1. The van der Waals surface area contributed by atoms with E-state index in [9.17, 15) is 19.2 Å². The Kier molecular flexibility index (Phi) is 6.68. The molecule has 6 rings (SSSR count). The second-order valence-electron chi connectivity index (χ2n) is 9.77. The van der Waals surface area contributed by atoms with Crippen molar-refractivity contribution in [3.8, 4) is 5.75 Å². The van der Waals surface area contributed by atoms with Gasteiger partial charge in [-0.25, -0.2) is 4.90 Å². The van der Waals surface area contributed by atoms with Gasteiger partial charge in [0.25, 0.3) is 0 Å². The highest BCUT2D eigenvalue weighted by Crippen LogP contribution is 2.47. The fourth-order valence-electron chi connectivity index (χ4n) is 5.79. The van der Waals surface area contributed by atoms with Gasteiger partial charge in [0.2, 0.25) is 11.8 Å². The third kappa shape index (κ3) is 4.19. The maximum atomic E-state index is 14.0. The first-order valence-electron chi connectivity index (χ1n) is 12.6. The van der Waals surface area contributed by atoms with Gasteiger partial charge in [0.15, 0.2) is 11.6 Å². The van der Waals surface area contributed by atoms with Crippen LogP contribution in [0.3, 0.4) is 0 Å². The number of hydrogen-bond acceptors (Lipinski definition) is 6. The van der Waals surface area contributed by atoms with E-state index in [1.165, 1.54) is 7.11 Å². The molecule has 0 N–H and O–H groups in total. The van der Waals surface area contributed by atoms with Gasteiger partial charge in [-0.15, -0.1) is 0 Å². The topological polar surface area (TPSA) is 84.0 Å². The second kappa shape index (κ2) is 10.2. The maximum Gasteiger partial charge on any atom is 0.240 e.